The number of methoxy groups -OCH3 is 2. The molecule has 3 rings (SSSR count). The van der Waals surface area contributed by atoms with E-state index < -0.39 is 23.8 Å². The zero-order valence-corrected chi connectivity index (χ0v) is 20.1. The maximum absolute atomic E-state index is 12.8. The third-order valence-corrected chi connectivity index (χ3v) is 5.56. The van der Waals surface area contributed by atoms with Crippen molar-refractivity contribution in [1.82, 2.24) is 10.3 Å². The summed E-state index contributed by atoms with van der Waals surface area (Å²) in [5, 5.41) is 14.0. The molecule has 1 aromatic heterocycles. The molecule has 9 nitrogen and oxygen atoms in total. The van der Waals surface area contributed by atoms with Crippen molar-refractivity contribution in [3.63, 3.8) is 0 Å². The predicted octanol–water partition coefficient (Wildman–Crippen LogP) is 5.05. The SMILES string of the molecule is [2H]C([2H])([2H])Oc1cc(-c2c(C(=O)OC)[nH]c(C)c2-c2ccc([N+](=O)[O-])cc2C)ccc1C(=O)NCC(C)C. The first-order valence-corrected chi connectivity index (χ1v) is 10.9. The number of esters is 1. The van der Waals surface area contributed by atoms with Crippen LogP contribution in [0.1, 0.15) is 50.1 Å². The maximum Gasteiger partial charge on any atom is 0.355 e. The molecule has 0 aliphatic heterocycles. The molecule has 184 valence electrons. The van der Waals surface area contributed by atoms with Gasteiger partial charge in [0, 0.05) is 35.5 Å². The molecule has 2 N–H and O–H groups in total. The lowest BCUT2D eigenvalue weighted by Gasteiger charge is -2.14. The highest BCUT2D eigenvalue weighted by atomic mass is 16.6. The molecule has 9 heteroatoms. The lowest BCUT2D eigenvalue weighted by Crippen LogP contribution is -2.27. The molecule has 1 heterocycles. The van der Waals surface area contributed by atoms with Crippen LogP contribution in [0.2, 0.25) is 0 Å². The Hall–Kier alpha value is -4.14. The molecular weight excluding hydrogens is 450 g/mol. The highest BCUT2D eigenvalue weighted by Gasteiger charge is 2.26. The fourth-order valence-corrected chi connectivity index (χ4v) is 3.89. The number of nitro groups is 1. The molecule has 0 radical (unpaired) electrons. The zero-order valence-electron chi connectivity index (χ0n) is 23.1. The Labute approximate surface area is 207 Å². The standard InChI is InChI=1S/C26H29N3O6/c1-14(2)13-27-25(30)20-9-7-17(12-21(20)34-5)23-22(16(4)28-24(23)26(31)35-6)19-10-8-18(29(32)33)11-15(19)3/h7-12,14,28H,13H2,1-6H3,(H,27,30)/i5D3. The normalized spacial score (nSPS) is 12.5. The zero-order chi connectivity index (χ0) is 28.4. The van der Waals surface area contributed by atoms with Crippen LogP contribution in [0, 0.1) is 29.9 Å². The van der Waals surface area contributed by atoms with E-state index in [1.807, 2.05) is 13.8 Å². The number of aromatic nitrogens is 1. The van der Waals surface area contributed by atoms with Gasteiger partial charge in [0.15, 0.2) is 0 Å². The van der Waals surface area contributed by atoms with E-state index in [1.165, 1.54) is 31.4 Å². The number of rotatable bonds is 8. The van der Waals surface area contributed by atoms with Gasteiger partial charge in [-0.2, -0.15) is 0 Å². The Bertz CT molecular complexity index is 1400. The number of aryl methyl sites for hydroxylation is 2. The number of nitro benzene ring substituents is 1. The molecule has 0 aliphatic rings. The van der Waals surface area contributed by atoms with Gasteiger partial charge in [-0.15, -0.1) is 0 Å². The van der Waals surface area contributed by atoms with Gasteiger partial charge in [0.2, 0.25) is 0 Å². The number of ether oxygens (including phenoxy) is 2. The van der Waals surface area contributed by atoms with Gasteiger partial charge in [0.1, 0.15) is 11.4 Å². The van der Waals surface area contributed by atoms with E-state index in [9.17, 15) is 19.7 Å². The summed E-state index contributed by atoms with van der Waals surface area (Å²) in [7, 11) is -1.62. The van der Waals surface area contributed by atoms with Crippen molar-refractivity contribution < 1.29 is 28.1 Å². The molecule has 35 heavy (non-hydrogen) atoms. The van der Waals surface area contributed by atoms with Crippen molar-refractivity contribution in [1.29, 1.82) is 0 Å². The van der Waals surface area contributed by atoms with E-state index in [2.05, 4.69) is 10.3 Å². The number of hydrogen-bond donors (Lipinski definition) is 2. The van der Waals surface area contributed by atoms with Gasteiger partial charge >= 0.3 is 5.97 Å². The second-order valence-corrected chi connectivity index (χ2v) is 8.54. The summed E-state index contributed by atoms with van der Waals surface area (Å²) in [6.45, 7) is 7.67. The van der Waals surface area contributed by atoms with E-state index in [-0.39, 0.29) is 28.6 Å². The number of benzene rings is 2. The molecule has 0 saturated carbocycles. The number of carbonyl (C=O) groups excluding carboxylic acids is 2. The Morgan fingerprint density at radius 2 is 1.91 bits per heavy atom. The third kappa shape index (κ3) is 5.18. The number of hydrogen-bond acceptors (Lipinski definition) is 6. The molecule has 3 aromatic rings. The van der Waals surface area contributed by atoms with Gasteiger partial charge in [-0.25, -0.2) is 4.79 Å². The van der Waals surface area contributed by atoms with Crippen molar-refractivity contribution in [2.45, 2.75) is 27.7 Å². The number of amides is 1. The molecule has 0 atom stereocenters. The highest BCUT2D eigenvalue weighted by molar-refractivity contribution is 6.04. The van der Waals surface area contributed by atoms with E-state index in [1.54, 1.807) is 26.0 Å². The van der Waals surface area contributed by atoms with Crippen LogP contribution in [0.15, 0.2) is 36.4 Å². The maximum atomic E-state index is 12.8. The average molecular weight is 483 g/mol. The van der Waals surface area contributed by atoms with Crippen LogP contribution in [0.25, 0.3) is 22.3 Å². The molecule has 0 bridgehead atoms. The largest absolute Gasteiger partial charge is 0.496 e. The topological polar surface area (TPSA) is 124 Å². The molecule has 1 amide bonds. The lowest BCUT2D eigenvalue weighted by atomic mass is 9.91. The highest BCUT2D eigenvalue weighted by Crippen LogP contribution is 2.41. The number of carbonyl (C=O) groups is 2. The monoisotopic (exact) mass is 482 g/mol. The Morgan fingerprint density at radius 3 is 2.51 bits per heavy atom. The minimum absolute atomic E-state index is 0.0190. The van der Waals surface area contributed by atoms with Gasteiger partial charge in [-0.1, -0.05) is 19.9 Å². The van der Waals surface area contributed by atoms with Crippen LogP contribution in [-0.4, -0.2) is 42.5 Å². The van der Waals surface area contributed by atoms with Crippen LogP contribution in [-0.2, 0) is 4.74 Å². The third-order valence-electron chi connectivity index (χ3n) is 5.56. The van der Waals surface area contributed by atoms with Gasteiger partial charge in [0.25, 0.3) is 11.6 Å². The quantitative estimate of drug-likeness (QED) is 0.263. The molecule has 0 saturated heterocycles. The van der Waals surface area contributed by atoms with Crippen molar-refractivity contribution in [2.75, 3.05) is 20.7 Å². The summed E-state index contributed by atoms with van der Waals surface area (Å²) in [5.74, 6) is -1.20. The summed E-state index contributed by atoms with van der Waals surface area (Å²) in [4.78, 5) is 39.4. The van der Waals surface area contributed by atoms with Crippen LogP contribution >= 0.6 is 0 Å². The number of aromatic amines is 1. The second kappa shape index (κ2) is 10.4. The molecule has 0 unspecified atom stereocenters. The molecule has 2 aromatic carbocycles. The number of H-pyrrole nitrogens is 1. The van der Waals surface area contributed by atoms with E-state index in [0.717, 1.165) is 0 Å². The predicted molar refractivity (Wildman–Crippen MR) is 133 cm³/mol. The van der Waals surface area contributed by atoms with Gasteiger partial charge < -0.3 is 19.8 Å². The fraction of sp³-hybridized carbons (Fsp3) is 0.308. The van der Waals surface area contributed by atoms with E-state index >= 15 is 0 Å². The minimum atomic E-state index is -2.84. The van der Waals surface area contributed by atoms with Crippen molar-refractivity contribution in [3.8, 4) is 28.0 Å². The number of non-ortho nitro benzene ring substituents is 1. The smallest absolute Gasteiger partial charge is 0.355 e. The number of nitrogens with one attached hydrogen (secondary N) is 2. The minimum Gasteiger partial charge on any atom is -0.496 e. The molecule has 0 aliphatic carbocycles. The first-order valence-electron chi connectivity index (χ1n) is 12.4. The molecule has 0 fully saturated rings. The van der Waals surface area contributed by atoms with Crippen LogP contribution < -0.4 is 10.1 Å². The Balaban J connectivity index is 2.27. The Kier molecular flexibility index (Phi) is 6.37. The van der Waals surface area contributed by atoms with Gasteiger partial charge in [0.05, 0.1) is 28.7 Å². The molecule has 0 spiro atoms. The van der Waals surface area contributed by atoms with Crippen molar-refractivity contribution >= 4 is 17.6 Å². The summed E-state index contributed by atoms with van der Waals surface area (Å²) in [6.07, 6.45) is 0. The van der Waals surface area contributed by atoms with Crippen molar-refractivity contribution in [2.24, 2.45) is 5.92 Å². The van der Waals surface area contributed by atoms with Crippen LogP contribution in [0.5, 0.6) is 5.75 Å². The van der Waals surface area contributed by atoms with Crippen molar-refractivity contribution in [3.05, 3.63) is 69.0 Å². The average Bonchev–Trinajstić information content (AvgIpc) is 3.17. The van der Waals surface area contributed by atoms with E-state index in [0.29, 0.717) is 40.1 Å². The first kappa shape index (κ1) is 21.4. The van der Waals surface area contributed by atoms with E-state index in [4.69, 9.17) is 13.6 Å². The second-order valence-electron chi connectivity index (χ2n) is 8.54. The Morgan fingerprint density at radius 1 is 1.17 bits per heavy atom. The van der Waals surface area contributed by atoms with Gasteiger partial charge in [-0.05, 0) is 54.7 Å². The van der Waals surface area contributed by atoms with Gasteiger partial charge in [-0.3, -0.25) is 14.9 Å². The number of nitrogens with zero attached hydrogens (tertiary/aromatic N) is 1. The van der Waals surface area contributed by atoms with Crippen LogP contribution in [0.4, 0.5) is 5.69 Å². The van der Waals surface area contributed by atoms with Crippen LogP contribution in [0.3, 0.4) is 0 Å². The first-order chi connectivity index (χ1) is 17.7. The lowest BCUT2D eigenvalue weighted by molar-refractivity contribution is -0.384. The summed E-state index contributed by atoms with van der Waals surface area (Å²) >= 11 is 0. The summed E-state index contributed by atoms with van der Waals surface area (Å²) in [5.41, 5.74) is 3.12. The fourth-order valence-electron chi connectivity index (χ4n) is 3.89. The summed E-state index contributed by atoms with van der Waals surface area (Å²) in [6, 6.07) is 8.77. The summed E-state index contributed by atoms with van der Waals surface area (Å²) < 4.78 is 33.0. The molecular formula is C26H29N3O6.